The molecule has 7 heteroatoms. The summed E-state index contributed by atoms with van der Waals surface area (Å²) >= 11 is 0. The number of aromatic nitrogens is 4. The maximum absolute atomic E-state index is 12.1. The van der Waals surface area contributed by atoms with Crippen LogP contribution in [0.1, 0.15) is 37.7 Å². The molecule has 0 bridgehead atoms. The summed E-state index contributed by atoms with van der Waals surface area (Å²) in [6.45, 7) is 2.61. The molecule has 0 saturated carbocycles. The summed E-state index contributed by atoms with van der Waals surface area (Å²) < 4.78 is 1.55. The van der Waals surface area contributed by atoms with Gasteiger partial charge >= 0.3 is 6.03 Å². The van der Waals surface area contributed by atoms with E-state index in [1.54, 1.807) is 4.68 Å². The van der Waals surface area contributed by atoms with Crippen LogP contribution in [0, 0.1) is 6.92 Å². The molecule has 126 valence electrons. The third-order valence-corrected chi connectivity index (χ3v) is 4.20. The van der Waals surface area contributed by atoms with Crippen LogP contribution in [0.3, 0.4) is 0 Å². The molecule has 1 aliphatic carbocycles. The Labute approximate surface area is 141 Å². The molecule has 0 saturated heterocycles. The van der Waals surface area contributed by atoms with E-state index in [2.05, 4.69) is 32.2 Å². The molecular formula is C17H22N6O. The predicted molar refractivity (Wildman–Crippen MR) is 92.1 cm³/mol. The SMILES string of the molecule is Cc1ccc(-n2cnnn2)cc1NC(=O)NCCC1=CCCCC1. The largest absolute Gasteiger partial charge is 0.338 e. The van der Waals surface area contributed by atoms with E-state index in [1.807, 2.05) is 25.1 Å². The number of tetrazole rings is 1. The molecule has 3 rings (SSSR count). The molecule has 1 aromatic heterocycles. The number of nitrogens with zero attached hydrogens (tertiary/aromatic N) is 4. The van der Waals surface area contributed by atoms with Crippen molar-refractivity contribution in [2.75, 3.05) is 11.9 Å². The van der Waals surface area contributed by atoms with Crippen molar-refractivity contribution in [1.82, 2.24) is 25.5 Å². The second-order valence-corrected chi connectivity index (χ2v) is 5.99. The van der Waals surface area contributed by atoms with Crippen molar-refractivity contribution < 1.29 is 4.79 Å². The van der Waals surface area contributed by atoms with E-state index < -0.39 is 0 Å². The highest BCUT2D eigenvalue weighted by Gasteiger charge is 2.08. The lowest BCUT2D eigenvalue weighted by molar-refractivity contribution is 0.252. The molecule has 0 aliphatic heterocycles. The number of hydrogen-bond acceptors (Lipinski definition) is 4. The van der Waals surface area contributed by atoms with Crippen molar-refractivity contribution in [3.8, 4) is 5.69 Å². The highest BCUT2D eigenvalue weighted by molar-refractivity contribution is 5.90. The number of aryl methyl sites for hydroxylation is 1. The minimum Gasteiger partial charge on any atom is -0.338 e. The van der Waals surface area contributed by atoms with Crippen LogP contribution in [-0.2, 0) is 0 Å². The van der Waals surface area contributed by atoms with Gasteiger partial charge in [-0.25, -0.2) is 9.48 Å². The standard InChI is InChI=1S/C17H22N6O/c1-13-7-8-15(23-12-19-21-22-23)11-16(13)20-17(24)18-10-9-14-5-3-2-4-6-14/h5,7-8,11-12H,2-4,6,9-10H2,1H3,(H2,18,20,24). The Hall–Kier alpha value is -2.70. The summed E-state index contributed by atoms with van der Waals surface area (Å²) in [5, 5.41) is 16.9. The van der Waals surface area contributed by atoms with Crippen LogP contribution < -0.4 is 10.6 Å². The van der Waals surface area contributed by atoms with Crippen molar-refractivity contribution in [2.45, 2.75) is 39.0 Å². The molecule has 0 atom stereocenters. The maximum Gasteiger partial charge on any atom is 0.319 e. The Morgan fingerprint density at radius 3 is 3.00 bits per heavy atom. The van der Waals surface area contributed by atoms with E-state index in [0.29, 0.717) is 6.54 Å². The van der Waals surface area contributed by atoms with Gasteiger partial charge in [-0.05, 0) is 67.2 Å². The zero-order valence-electron chi connectivity index (χ0n) is 13.8. The van der Waals surface area contributed by atoms with Gasteiger partial charge < -0.3 is 10.6 Å². The first-order valence-electron chi connectivity index (χ1n) is 8.29. The first-order valence-corrected chi connectivity index (χ1v) is 8.29. The number of rotatable bonds is 5. The highest BCUT2D eigenvalue weighted by Crippen LogP contribution is 2.20. The van der Waals surface area contributed by atoms with Crippen LogP contribution in [0.4, 0.5) is 10.5 Å². The van der Waals surface area contributed by atoms with Crippen molar-refractivity contribution in [2.24, 2.45) is 0 Å². The lowest BCUT2D eigenvalue weighted by atomic mass is 9.97. The van der Waals surface area contributed by atoms with E-state index in [-0.39, 0.29) is 6.03 Å². The molecule has 0 unspecified atom stereocenters. The third-order valence-electron chi connectivity index (χ3n) is 4.20. The Morgan fingerprint density at radius 1 is 1.33 bits per heavy atom. The number of urea groups is 1. The molecule has 24 heavy (non-hydrogen) atoms. The molecule has 0 radical (unpaired) electrons. The highest BCUT2D eigenvalue weighted by atomic mass is 16.2. The summed E-state index contributed by atoms with van der Waals surface area (Å²) in [5.74, 6) is 0. The number of amides is 2. The molecule has 7 nitrogen and oxygen atoms in total. The average Bonchev–Trinajstić information content (AvgIpc) is 3.12. The second-order valence-electron chi connectivity index (χ2n) is 5.99. The van der Waals surface area contributed by atoms with Gasteiger partial charge in [-0.2, -0.15) is 0 Å². The Balaban J connectivity index is 1.55. The Kier molecular flexibility index (Phi) is 5.20. The number of nitrogens with one attached hydrogen (secondary N) is 2. The van der Waals surface area contributed by atoms with Crippen molar-refractivity contribution >= 4 is 11.7 Å². The molecule has 1 aromatic carbocycles. The maximum atomic E-state index is 12.1. The van der Waals surface area contributed by atoms with Crippen LogP contribution in [0.15, 0.2) is 36.2 Å². The van der Waals surface area contributed by atoms with Gasteiger partial charge in [0, 0.05) is 12.2 Å². The smallest absolute Gasteiger partial charge is 0.319 e. The number of allylic oxidation sites excluding steroid dienone is 1. The van der Waals surface area contributed by atoms with Crippen LogP contribution in [-0.4, -0.2) is 32.8 Å². The van der Waals surface area contributed by atoms with E-state index in [9.17, 15) is 4.79 Å². The number of hydrogen-bond donors (Lipinski definition) is 2. The fraction of sp³-hybridized carbons (Fsp3) is 0.412. The van der Waals surface area contributed by atoms with Crippen LogP contribution in [0.25, 0.3) is 5.69 Å². The quantitative estimate of drug-likeness (QED) is 0.827. The van der Waals surface area contributed by atoms with Gasteiger partial charge in [0.05, 0.1) is 5.69 Å². The normalized spacial score (nSPS) is 14.1. The first-order chi connectivity index (χ1) is 11.7. The number of anilines is 1. The van der Waals surface area contributed by atoms with Gasteiger partial charge in [0.2, 0.25) is 0 Å². The van der Waals surface area contributed by atoms with E-state index in [1.165, 1.54) is 31.2 Å². The molecule has 0 spiro atoms. The summed E-state index contributed by atoms with van der Waals surface area (Å²) in [6.07, 6.45) is 9.64. The molecule has 2 aromatic rings. The summed E-state index contributed by atoms with van der Waals surface area (Å²) in [6, 6.07) is 5.50. The number of carbonyl (C=O) groups is 1. The van der Waals surface area contributed by atoms with Crippen LogP contribution >= 0.6 is 0 Å². The average molecular weight is 326 g/mol. The van der Waals surface area contributed by atoms with Gasteiger partial charge in [-0.15, -0.1) is 5.10 Å². The zero-order chi connectivity index (χ0) is 16.8. The Bertz CT molecular complexity index is 723. The van der Waals surface area contributed by atoms with Gasteiger partial charge in [0.1, 0.15) is 6.33 Å². The van der Waals surface area contributed by atoms with Gasteiger partial charge in [0.25, 0.3) is 0 Å². The molecule has 1 heterocycles. The van der Waals surface area contributed by atoms with E-state index in [0.717, 1.165) is 29.8 Å². The number of carbonyl (C=O) groups excluding carboxylic acids is 1. The van der Waals surface area contributed by atoms with Crippen molar-refractivity contribution in [1.29, 1.82) is 0 Å². The summed E-state index contributed by atoms with van der Waals surface area (Å²) in [4.78, 5) is 12.1. The number of benzene rings is 1. The minimum absolute atomic E-state index is 0.191. The summed E-state index contributed by atoms with van der Waals surface area (Å²) in [7, 11) is 0. The third kappa shape index (κ3) is 4.18. The zero-order valence-corrected chi connectivity index (χ0v) is 13.8. The Morgan fingerprint density at radius 2 is 2.25 bits per heavy atom. The molecular weight excluding hydrogens is 304 g/mol. The minimum atomic E-state index is -0.191. The fourth-order valence-corrected chi connectivity index (χ4v) is 2.80. The topological polar surface area (TPSA) is 84.7 Å². The van der Waals surface area contributed by atoms with Crippen molar-refractivity contribution in [3.63, 3.8) is 0 Å². The molecule has 1 aliphatic rings. The second kappa shape index (κ2) is 7.72. The molecule has 0 fully saturated rings. The van der Waals surface area contributed by atoms with Crippen molar-refractivity contribution in [3.05, 3.63) is 41.7 Å². The predicted octanol–water partition coefficient (Wildman–Crippen LogP) is 2.98. The van der Waals surface area contributed by atoms with Gasteiger partial charge in [0.15, 0.2) is 0 Å². The van der Waals surface area contributed by atoms with Crippen LogP contribution in [0.2, 0.25) is 0 Å². The molecule has 2 N–H and O–H groups in total. The lowest BCUT2D eigenvalue weighted by Crippen LogP contribution is -2.30. The first kappa shape index (κ1) is 16.2. The van der Waals surface area contributed by atoms with Crippen LogP contribution in [0.5, 0.6) is 0 Å². The van der Waals surface area contributed by atoms with E-state index >= 15 is 0 Å². The van der Waals surface area contributed by atoms with Gasteiger partial charge in [-0.1, -0.05) is 17.7 Å². The monoisotopic (exact) mass is 326 g/mol. The molecule has 2 amide bonds. The fourth-order valence-electron chi connectivity index (χ4n) is 2.80. The summed E-state index contributed by atoms with van der Waals surface area (Å²) in [5.41, 5.74) is 3.99. The lowest BCUT2D eigenvalue weighted by Gasteiger charge is -2.14. The van der Waals surface area contributed by atoms with E-state index in [4.69, 9.17) is 0 Å². The van der Waals surface area contributed by atoms with Gasteiger partial charge in [-0.3, -0.25) is 0 Å².